The van der Waals surface area contributed by atoms with Gasteiger partial charge in [0.25, 0.3) is 5.91 Å². The van der Waals surface area contributed by atoms with Crippen LogP contribution in [0.15, 0.2) is 103 Å². The number of alkyl carbamates (subject to hydrolysis) is 1. The maximum absolute atomic E-state index is 13.2. The fourth-order valence-corrected chi connectivity index (χ4v) is 7.33. The van der Waals surface area contributed by atoms with E-state index in [-0.39, 0.29) is 56.3 Å². The van der Waals surface area contributed by atoms with Crippen LogP contribution in [0.1, 0.15) is 60.0 Å². The van der Waals surface area contributed by atoms with Gasteiger partial charge in [-0.15, -0.1) is 0 Å². The molecule has 3 fully saturated rings. The Labute approximate surface area is 309 Å². The Morgan fingerprint density at radius 3 is 2.34 bits per heavy atom. The fraction of sp³-hybridized carbons (Fsp3) is 0.357. The number of nitrogens with one attached hydrogen (secondary N) is 1. The molecule has 1 unspecified atom stereocenters. The number of aliphatic hydroxyl groups is 2. The lowest BCUT2D eigenvalue weighted by molar-refractivity contribution is -0.276. The molecular formula is C42H45N3O8. The van der Waals surface area contributed by atoms with Gasteiger partial charge in [0.1, 0.15) is 12.6 Å². The Bertz CT molecular complexity index is 1900. The highest BCUT2D eigenvalue weighted by Crippen LogP contribution is 2.42. The highest BCUT2D eigenvalue weighted by Gasteiger charge is 2.41. The third-order valence-electron chi connectivity index (χ3n) is 10.3. The minimum absolute atomic E-state index is 0.0228. The topological polar surface area (TPSA) is 138 Å². The standard InChI is InChI=1S/C42H45N3O8/c1-27-37(24-44-18-17-35(47)23-44)52-41(53-39(27)31-15-13-28(25-46)14-16-31)34-12-6-11-33(20-34)32-10-5-9-30(19-32)22-45-38(48)21-36(40(45)49)43-42(50)51-26-29-7-3-2-4-8-29/h2-16,19-20,27,35-37,39,41,46-47H,17-18,21-26H2,1H3,(H,43,50)/t27-,35+,36?,37+,39+,41+/m1/s1. The van der Waals surface area contributed by atoms with Crippen LogP contribution in [0.2, 0.25) is 0 Å². The van der Waals surface area contributed by atoms with Crippen LogP contribution in [0.4, 0.5) is 4.79 Å². The molecule has 3 aliphatic heterocycles. The normalized spacial score (nSPS) is 24.8. The third-order valence-corrected chi connectivity index (χ3v) is 10.3. The lowest BCUT2D eigenvalue weighted by atomic mass is 9.90. The van der Waals surface area contributed by atoms with E-state index in [4.69, 9.17) is 14.2 Å². The Kier molecular flexibility index (Phi) is 11.3. The van der Waals surface area contributed by atoms with Gasteiger partial charge in [-0.25, -0.2) is 4.79 Å². The van der Waals surface area contributed by atoms with E-state index in [1.807, 2.05) is 103 Å². The predicted octanol–water partition coefficient (Wildman–Crippen LogP) is 5.26. The minimum Gasteiger partial charge on any atom is -0.445 e. The Balaban J connectivity index is 1.04. The van der Waals surface area contributed by atoms with Crippen molar-refractivity contribution in [2.45, 2.75) is 70.2 Å². The first kappa shape index (κ1) is 36.4. The SMILES string of the molecule is C[C@@H]1[C@H](CN2CC[C@H](O)C2)O[C@H](c2cccc(-c3cccc(CN4C(=O)CC(NC(=O)OCc5ccccc5)C4=O)c3)c2)O[C@@H]1c1ccc(CO)cc1. The average molecular weight is 720 g/mol. The van der Waals surface area contributed by atoms with Crippen LogP contribution < -0.4 is 5.32 Å². The van der Waals surface area contributed by atoms with Gasteiger partial charge >= 0.3 is 6.09 Å². The lowest BCUT2D eigenvalue weighted by Crippen LogP contribution is -2.44. The average Bonchev–Trinajstić information content (AvgIpc) is 3.71. The van der Waals surface area contributed by atoms with Crippen molar-refractivity contribution in [1.29, 1.82) is 0 Å². The van der Waals surface area contributed by atoms with E-state index in [0.717, 1.165) is 51.9 Å². The maximum Gasteiger partial charge on any atom is 0.408 e. The molecule has 3 aliphatic rings. The van der Waals surface area contributed by atoms with Crippen molar-refractivity contribution in [1.82, 2.24) is 15.1 Å². The number of aliphatic hydroxyl groups excluding tert-OH is 2. The second-order valence-electron chi connectivity index (χ2n) is 14.1. The van der Waals surface area contributed by atoms with E-state index in [9.17, 15) is 24.6 Å². The van der Waals surface area contributed by atoms with E-state index in [2.05, 4.69) is 17.1 Å². The van der Waals surface area contributed by atoms with E-state index < -0.39 is 24.3 Å². The molecule has 0 radical (unpaired) electrons. The number of likely N-dealkylation sites (tertiary alicyclic amines) is 2. The van der Waals surface area contributed by atoms with E-state index >= 15 is 0 Å². The molecule has 0 aliphatic carbocycles. The summed E-state index contributed by atoms with van der Waals surface area (Å²) in [6, 6.07) is 31.7. The van der Waals surface area contributed by atoms with Crippen molar-refractivity contribution in [2.75, 3.05) is 19.6 Å². The molecule has 3 N–H and O–H groups in total. The molecular weight excluding hydrogens is 674 g/mol. The summed E-state index contributed by atoms with van der Waals surface area (Å²) in [5.74, 6) is -0.817. The number of hydrogen-bond acceptors (Lipinski definition) is 9. The Morgan fingerprint density at radius 1 is 0.868 bits per heavy atom. The van der Waals surface area contributed by atoms with Gasteiger partial charge < -0.3 is 29.7 Å². The van der Waals surface area contributed by atoms with Crippen LogP contribution >= 0.6 is 0 Å². The van der Waals surface area contributed by atoms with Crippen molar-refractivity contribution in [3.05, 3.63) is 131 Å². The minimum atomic E-state index is -0.986. The Morgan fingerprint density at radius 2 is 1.60 bits per heavy atom. The summed E-state index contributed by atoms with van der Waals surface area (Å²) < 4.78 is 18.6. The number of ether oxygens (including phenoxy) is 3. The number of hydrogen-bond donors (Lipinski definition) is 3. The quantitative estimate of drug-likeness (QED) is 0.177. The molecule has 53 heavy (non-hydrogen) atoms. The molecule has 3 amide bonds. The highest BCUT2D eigenvalue weighted by atomic mass is 16.7. The number of nitrogens with zero attached hydrogens (tertiary/aromatic N) is 2. The van der Waals surface area contributed by atoms with Crippen molar-refractivity contribution in [3.8, 4) is 11.1 Å². The zero-order valence-electron chi connectivity index (χ0n) is 29.7. The van der Waals surface area contributed by atoms with Crippen LogP contribution in [0.5, 0.6) is 0 Å². The van der Waals surface area contributed by atoms with Crippen molar-refractivity contribution < 1.29 is 38.8 Å². The summed E-state index contributed by atoms with van der Waals surface area (Å²) in [5.41, 5.74) is 6.07. The third kappa shape index (κ3) is 8.67. The first-order valence-electron chi connectivity index (χ1n) is 18.2. The summed E-state index contributed by atoms with van der Waals surface area (Å²) in [5, 5.41) is 22.3. The van der Waals surface area contributed by atoms with Gasteiger partial charge in [-0.3, -0.25) is 19.4 Å². The van der Waals surface area contributed by atoms with Gasteiger partial charge in [0.2, 0.25) is 5.91 Å². The van der Waals surface area contributed by atoms with Crippen LogP contribution in [-0.4, -0.2) is 75.8 Å². The zero-order chi connectivity index (χ0) is 36.9. The molecule has 11 heteroatoms. The van der Waals surface area contributed by atoms with Crippen LogP contribution in [0.3, 0.4) is 0 Å². The van der Waals surface area contributed by atoms with Gasteiger partial charge in [-0.05, 0) is 51.9 Å². The predicted molar refractivity (Wildman–Crippen MR) is 196 cm³/mol. The van der Waals surface area contributed by atoms with Gasteiger partial charge in [0, 0.05) is 31.1 Å². The van der Waals surface area contributed by atoms with Crippen molar-refractivity contribution in [3.63, 3.8) is 0 Å². The zero-order valence-corrected chi connectivity index (χ0v) is 29.7. The first-order valence-corrected chi connectivity index (χ1v) is 18.2. The second-order valence-corrected chi connectivity index (χ2v) is 14.1. The molecule has 4 aromatic carbocycles. The molecule has 276 valence electrons. The summed E-state index contributed by atoms with van der Waals surface area (Å²) in [6.45, 7) is 4.33. The van der Waals surface area contributed by atoms with Gasteiger partial charge in [0.15, 0.2) is 6.29 Å². The molecule has 0 spiro atoms. The number of carbonyl (C=O) groups is 3. The number of imide groups is 1. The smallest absolute Gasteiger partial charge is 0.408 e. The van der Waals surface area contributed by atoms with Gasteiger partial charge in [-0.2, -0.15) is 0 Å². The maximum atomic E-state index is 13.2. The summed E-state index contributed by atoms with van der Waals surface area (Å²) in [6.07, 6.45) is -1.54. The van der Waals surface area contributed by atoms with E-state index in [1.165, 1.54) is 4.90 Å². The number of benzene rings is 4. The van der Waals surface area contributed by atoms with Crippen molar-refractivity contribution >= 4 is 17.9 Å². The van der Waals surface area contributed by atoms with E-state index in [1.54, 1.807) is 0 Å². The number of amides is 3. The molecule has 3 saturated heterocycles. The summed E-state index contributed by atoms with van der Waals surface area (Å²) in [4.78, 5) is 42.0. The summed E-state index contributed by atoms with van der Waals surface area (Å²) in [7, 11) is 0. The van der Waals surface area contributed by atoms with Crippen LogP contribution in [0.25, 0.3) is 11.1 Å². The summed E-state index contributed by atoms with van der Waals surface area (Å²) >= 11 is 0. The fourth-order valence-electron chi connectivity index (χ4n) is 7.33. The lowest BCUT2D eigenvalue weighted by Gasteiger charge is -2.42. The molecule has 4 aromatic rings. The van der Waals surface area contributed by atoms with Crippen molar-refractivity contribution in [2.24, 2.45) is 5.92 Å². The first-order chi connectivity index (χ1) is 25.7. The number of carbonyl (C=O) groups excluding carboxylic acids is 3. The second kappa shape index (κ2) is 16.4. The highest BCUT2D eigenvalue weighted by molar-refractivity contribution is 6.06. The van der Waals surface area contributed by atoms with Crippen LogP contribution in [0, 0.1) is 5.92 Å². The molecule has 6 atom stereocenters. The molecule has 0 bridgehead atoms. The molecule has 3 heterocycles. The number of β-amino-alcohol motifs (C(OH)–C–C–N with tert-alkyl or cyclic N) is 1. The van der Waals surface area contributed by atoms with E-state index in [0.29, 0.717) is 13.1 Å². The molecule has 7 rings (SSSR count). The monoisotopic (exact) mass is 719 g/mol. The van der Waals surface area contributed by atoms with Crippen LogP contribution in [-0.2, 0) is 43.6 Å². The molecule has 0 aromatic heterocycles. The largest absolute Gasteiger partial charge is 0.445 e. The van der Waals surface area contributed by atoms with Gasteiger partial charge in [0.05, 0.1) is 37.9 Å². The Hall–Kier alpha value is -4.91. The van der Waals surface area contributed by atoms with Gasteiger partial charge in [-0.1, -0.05) is 97.9 Å². The molecule has 0 saturated carbocycles. The molecule has 11 nitrogen and oxygen atoms in total. The number of rotatable bonds is 11.